The zero-order valence-electron chi connectivity index (χ0n) is 49.6. The van der Waals surface area contributed by atoms with E-state index in [9.17, 15) is 4.79 Å². The number of esters is 1. The average Bonchev–Trinajstić information content (AvgIpc) is 3.34. The maximum Gasteiger partial charge on any atom is 0.305 e. The first-order chi connectivity index (χ1) is 34.1. The summed E-state index contributed by atoms with van der Waals surface area (Å²) in [6.07, 6.45) is 67.6. The molecule has 0 aromatic heterocycles. The number of unbranched alkanes of at least 4 members (excludes halogenated alkanes) is 39. The number of ether oxygens (including phenoxy) is 1. The number of allylic oxidation sites excluding steroid dienone is 2. The first kappa shape index (κ1) is 69.6. The van der Waals surface area contributed by atoms with Crippen LogP contribution in [0.5, 0.6) is 0 Å². The normalized spacial score (nSPS) is 13.5. The molecule has 0 heterocycles. The van der Waals surface area contributed by atoms with E-state index in [1.807, 2.05) is 0 Å². The monoisotopic (exact) mass is 1020 g/mol. The molecule has 0 aliphatic carbocycles. The van der Waals surface area contributed by atoms with Gasteiger partial charge in [0.1, 0.15) is 6.61 Å². The Hall–Kier alpha value is -0.436. The van der Waals surface area contributed by atoms with Crippen molar-refractivity contribution in [2.45, 2.75) is 367 Å². The van der Waals surface area contributed by atoms with E-state index in [0.717, 1.165) is 19.3 Å². The van der Waals surface area contributed by atoms with Crippen LogP contribution < -0.4 is 0 Å². The first-order valence-electron chi connectivity index (χ1n) is 32.0. The number of rotatable bonds is 58. The zero-order valence-corrected chi connectivity index (χ0v) is 52.4. The van der Waals surface area contributed by atoms with Crippen LogP contribution in [0.1, 0.15) is 357 Å². The summed E-state index contributed by atoms with van der Waals surface area (Å²) in [5.41, 5.74) is -0.256. The summed E-state index contributed by atoms with van der Waals surface area (Å²) < 4.78 is 19.7. The Morgan fingerprint density at radius 1 is 0.357 bits per heavy atom. The van der Waals surface area contributed by atoms with Gasteiger partial charge in [-0.3, -0.25) is 4.79 Å². The number of hydrogen-bond acceptors (Lipinski definition) is 4. The van der Waals surface area contributed by atoms with Gasteiger partial charge < -0.3 is 13.6 Å². The molecule has 6 heteroatoms. The zero-order chi connectivity index (χ0) is 51.4. The molecule has 0 aromatic rings. The minimum Gasteiger partial charge on any atom is -0.465 e. The van der Waals surface area contributed by atoms with Crippen molar-refractivity contribution < 1.29 is 18.4 Å². The van der Waals surface area contributed by atoms with Gasteiger partial charge >= 0.3 is 5.97 Å². The summed E-state index contributed by atoms with van der Waals surface area (Å²) in [5, 5.41) is 0.558. The number of hydrogen-bond donors (Lipinski definition) is 0. The van der Waals surface area contributed by atoms with Crippen molar-refractivity contribution in [1.29, 1.82) is 0 Å². The third kappa shape index (κ3) is 49.8. The molecule has 0 bridgehead atoms. The van der Waals surface area contributed by atoms with E-state index >= 15 is 0 Å². The second-order valence-corrected chi connectivity index (χ2v) is 29.8. The van der Waals surface area contributed by atoms with Crippen LogP contribution in [0.25, 0.3) is 0 Å². The molecule has 418 valence electrons. The van der Waals surface area contributed by atoms with Gasteiger partial charge in [0.2, 0.25) is 0 Å². The highest BCUT2D eigenvalue weighted by Gasteiger charge is 2.33. The van der Waals surface area contributed by atoms with Crippen LogP contribution in [0.3, 0.4) is 0 Å². The van der Waals surface area contributed by atoms with Crippen LogP contribution in [-0.2, 0) is 18.4 Å². The van der Waals surface area contributed by atoms with E-state index in [2.05, 4.69) is 67.5 Å². The van der Waals surface area contributed by atoms with Gasteiger partial charge in [-0.2, -0.15) is 0 Å². The molecule has 0 atom stereocenters. The Bertz CT molecular complexity index is 1040. The van der Waals surface area contributed by atoms with Crippen molar-refractivity contribution in [1.82, 2.24) is 0 Å². The van der Waals surface area contributed by atoms with Gasteiger partial charge in [-0.15, -0.1) is 0 Å². The Kier molecular flexibility index (Phi) is 51.7. The molecule has 0 aliphatic heterocycles. The standard InChI is InChI=1S/C64H130O4Si2/c1-9-13-16-19-22-25-28-31-34-37-40-43-46-49-52-55-61(65)66-58-64(12-4,59-67-69-62(5,6)56-53-50-47-44-41-38-35-32-29-26-23-20-17-14-10-2)60-68-70-63(7,8)57-54-51-48-45-42-39-36-33-30-27-24-21-18-15-11-3/h31,34H,9-30,32-33,35-60,69-70H2,1-8H3. The minimum absolute atomic E-state index is 0.0352. The molecule has 0 aliphatic rings. The van der Waals surface area contributed by atoms with Crippen molar-refractivity contribution in [3.63, 3.8) is 0 Å². The smallest absolute Gasteiger partial charge is 0.305 e. The lowest BCUT2D eigenvalue weighted by atomic mass is 9.88. The Labute approximate surface area is 446 Å². The fourth-order valence-corrected chi connectivity index (χ4v) is 13.2. The van der Waals surface area contributed by atoms with Gasteiger partial charge in [0, 0.05) is 25.0 Å². The molecule has 4 nitrogen and oxygen atoms in total. The maximum atomic E-state index is 13.2. The summed E-state index contributed by atoms with van der Waals surface area (Å²) in [6.45, 7) is 20.7. The van der Waals surface area contributed by atoms with Gasteiger partial charge in [-0.1, -0.05) is 312 Å². The van der Waals surface area contributed by atoms with Crippen LogP contribution in [0.2, 0.25) is 10.1 Å². The Balaban J connectivity index is 4.73. The molecule has 0 saturated carbocycles. The molecule has 0 amide bonds. The third-order valence-corrected chi connectivity index (χ3v) is 18.7. The predicted octanol–water partition coefficient (Wildman–Crippen LogP) is 21.1. The molecular formula is C64H130O4Si2. The van der Waals surface area contributed by atoms with Crippen molar-refractivity contribution in [2.75, 3.05) is 19.8 Å². The van der Waals surface area contributed by atoms with Gasteiger partial charge in [0.05, 0.1) is 0 Å². The SMILES string of the molecule is CCCCCCCCC=CCCCCCCCC(=O)OCC(CC)(CO[SiH2]C(C)(C)CCCCCCCCCCCCCCCCC)CO[SiH2]C(C)(C)CCCCCCCCCCCCCCCCC. The summed E-state index contributed by atoms with van der Waals surface area (Å²) in [5.74, 6) is -0.0352. The fourth-order valence-electron chi connectivity index (χ4n) is 10.3. The van der Waals surface area contributed by atoms with Gasteiger partial charge in [-0.05, 0) is 61.4 Å². The van der Waals surface area contributed by atoms with E-state index in [4.69, 9.17) is 13.6 Å². The topological polar surface area (TPSA) is 44.8 Å². The highest BCUT2D eigenvalue weighted by molar-refractivity contribution is 6.32. The second-order valence-electron chi connectivity index (χ2n) is 24.6. The number of carbonyl (C=O) groups is 1. The molecule has 70 heavy (non-hydrogen) atoms. The minimum atomic E-state index is -0.757. The van der Waals surface area contributed by atoms with Crippen molar-refractivity contribution in [2.24, 2.45) is 5.41 Å². The highest BCUT2D eigenvalue weighted by atomic mass is 28.2. The van der Waals surface area contributed by atoms with Crippen molar-refractivity contribution >= 4 is 25.5 Å². The van der Waals surface area contributed by atoms with Crippen molar-refractivity contribution in [3.05, 3.63) is 12.2 Å². The highest BCUT2D eigenvalue weighted by Crippen LogP contribution is 2.34. The summed E-state index contributed by atoms with van der Waals surface area (Å²) in [7, 11) is -1.51. The lowest BCUT2D eigenvalue weighted by Crippen LogP contribution is -2.40. The van der Waals surface area contributed by atoms with Crippen LogP contribution in [0.4, 0.5) is 0 Å². The van der Waals surface area contributed by atoms with E-state index in [0.29, 0.717) is 26.2 Å². The maximum absolute atomic E-state index is 13.2. The lowest BCUT2D eigenvalue weighted by molar-refractivity contribution is -0.149. The molecule has 0 unspecified atom stereocenters. The van der Waals surface area contributed by atoms with Gasteiger partial charge in [-0.25, -0.2) is 0 Å². The van der Waals surface area contributed by atoms with E-state index in [1.165, 1.54) is 276 Å². The van der Waals surface area contributed by atoms with Crippen LogP contribution in [0.15, 0.2) is 12.2 Å². The quantitative estimate of drug-likeness (QED) is 0.0264. The van der Waals surface area contributed by atoms with Gasteiger partial charge in [0.25, 0.3) is 0 Å². The number of carbonyl (C=O) groups excluding carboxylic acids is 1. The summed E-state index contributed by atoms with van der Waals surface area (Å²) in [6, 6.07) is 0. The van der Waals surface area contributed by atoms with Crippen molar-refractivity contribution in [3.8, 4) is 0 Å². The molecule has 0 radical (unpaired) electrons. The Morgan fingerprint density at radius 2 is 0.629 bits per heavy atom. The van der Waals surface area contributed by atoms with Crippen LogP contribution >= 0.6 is 0 Å². The van der Waals surface area contributed by atoms with Gasteiger partial charge in [0.15, 0.2) is 19.5 Å². The molecule has 0 fully saturated rings. The van der Waals surface area contributed by atoms with E-state index < -0.39 is 19.5 Å². The summed E-state index contributed by atoms with van der Waals surface area (Å²) in [4.78, 5) is 13.2. The fraction of sp³-hybridized carbons (Fsp3) is 0.953. The van der Waals surface area contributed by atoms with E-state index in [1.54, 1.807) is 0 Å². The Morgan fingerprint density at radius 3 is 0.929 bits per heavy atom. The van der Waals surface area contributed by atoms with Crippen LogP contribution in [-0.4, -0.2) is 45.3 Å². The largest absolute Gasteiger partial charge is 0.465 e. The third-order valence-electron chi connectivity index (χ3n) is 15.6. The molecule has 0 aromatic carbocycles. The molecular weight excluding hydrogens is 889 g/mol. The first-order valence-corrected chi connectivity index (χ1v) is 34.6. The average molecular weight is 1020 g/mol. The molecule has 0 spiro atoms. The van der Waals surface area contributed by atoms with E-state index in [-0.39, 0.29) is 21.5 Å². The molecule has 0 saturated heterocycles. The van der Waals surface area contributed by atoms with Crippen LogP contribution in [0, 0.1) is 5.41 Å². The predicted molar refractivity (Wildman–Crippen MR) is 319 cm³/mol. The lowest BCUT2D eigenvalue weighted by Gasteiger charge is -2.35. The molecule has 0 N–H and O–H groups in total. The molecule has 0 rings (SSSR count). The summed E-state index contributed by atoms with van der Waals surface area (Å²) >= 11 is 0. The second kappa shape index (κ2) is 52.0.